The summed E-state index contributed by atoms with van der Waals surface area (Å²) < 4.78 is 0. The van der Waals surface area contributed by atoms with Crippen LogP contribution < -0.4 is 0 Å². The minimum absolute atomic E-state index is 0.144. The highest BCUT2D eigenvalue weighted by atomic mass is 17.2. The Bertz CT molecular complexity index is 403. The van der Waals surface area contributed by atoms with Crippen molar-refractivity contribution in [2.45, 2.75) is 107 Å². The van der Waals surface area contributed by atoms with Crippen molar-refractivity contribution in [2.24, 2.45) is 16.7 Å². The highest BCUT2D eigenvalue weighted by molar-refractivity contribution is 5.72. The van der Waals surface area contributed by atoms with Crippen LogP contribution in [0.25, 0.3) is 0 Å². The third-order valence-corrected chi connectivity index (χ3v) is 3.73. The number of hydrogen-bond donors (Lipinski definition) is 1. The normalized spacial score (nSPS) is 13.3. The third-order valence-electron chi connectivity index (χ3n) is 3.73. The monoisotopic (exact) mass is 390 g/mol. The largest absolute Gasteiger partial charge is 0.345 e. The second-order valence-electron chi connectivity index (χ2n) is 10.2. The lowest BCUT2D eigenvalue weighted by molar-refractivity contribution is -0.320. The topological polar surface area (TPSA) is 82.1 Å². The zero-order chi connectivity index (χ0) is 21.9. The molecule has 0 rings (SSSR count). The van der Waals surface area contributed by atoms with Gasteiger partial charge in [0, 0.05) is 6.42 Å². The fourth-order valence-corrected chi connectivity index (χ4v) is 2.07. The Morgan fingerprint density at radius 2 is 1.48 bits per heavy atom. The SMILES string of the molecule is CC(C)(C)CCC(=O)OOC(C)(C)C.CCCCC(C(=O)OO)C(C)(C)C. The van der Waals surface area contributed by atoms with Gasteiger partial charge in [0.1, 0.15) is 5.60 Å². The molecule has 6 nitrogen and oxygen atoms in total. The Hall–Kier alpha value is -1.14. The zero-order valence-corrected chi connectivity index (χ0v) is 19.1. The van der Waals surface area contributed by atoms with Gasteiger partial charge in [0.2, 0.25) is 0 Å². The van der Waals surface area contributed by atoms with E-state index < -0.39 is 11.6 Å². The molecule has 0 aliphatic carbocycles. The van der Waals surface area contributed by atoms with Crippen molar-refractivity contribution in [3.05, 3.63) is 0 Å². The van der Waals surface area contributed by atoms with Gasteiger partial charge in [-0.1, -0.05) is 61.3 Å². The summed E-state index contributed by atoms with van der Waals surface area (Å²) >= 11 is 0. The number of unbranched alkanes of at least 4 members (excludes halogenated alkanes) is 1. The smallest absolute Gasteiger partial charge is 0.301 e. The molecule has 162 valence electrons. The van der Waals surface area contributed by atoms with Gasteiger partial charge in [-0.25, -0.2) is 9.59 Å². The van der Waals surface area contributed by atoms with Crippen molar-refractivity contribution in [2.75, 3.05) is 0 Å². The molecule has 0 amide bonds. The lowest BCUT2D eigenvalue weighted by Crippen LogP contribution is -2.29. The Labute approximate surface area is 165 Å². The zero-order valence-electron chi connectivity index (χ0n) is 19.1. The summed E-state index contributed by atoms with van der Waals surface area (Å²) in [6.07, 6.45) is 4.01. The maximum Gasteiger partial charge on any atom is 0.345 e. The second kappa shape index (κ2) is 12.3. The standard InChI is InChI=1S/C11H22O3.C10H20O3/c1-10(2,3)8-7-9(12)13-14-11(4,5)6;1-5-6-7-8(9(11)13-12)10(2,3)4/h7-8H2,1-6H3;8,12H,5-7H2,1-4H3. The van der Waals surface area contributed by atoms with E-state index in [0.29, 0.717) is 6.42 Å². The minimum atomic E-state index is -0.513. The van der Waals surface area contributed by atoms with Crippen molar-refractivity contribution in [3.8, 4) is 0 Å². The molecule has 0 aromatic carbocycles. The van der Waals surface area contributed by atoms with Crippen LogP contribution in [0.2, 0.25) is 0 Å². The Morgan fingerprint density at radius 1 is 0.963 bits per heavy atom. The molecule has 0 aromatic heterocycles. The van der Waals surface area contributed by atoms with Gasteiger partial charge in [0.25, 0.3) is 0 Å². The van der Waals surface area contributed by atoms with Gasteiger partial charge in [0.15, 0.2) is 0 Å². The van der Waals surface area contributed by atoms with Crippen LogP contribution in [0.15, 0.2) is 0 Å². The van der Waals surface area contributed by atoms with E-state index in [-0.39, 0.29) is 22.7 Å². The predicted molar refractivity (Wildman–Crippen MR) is 107 cm³/mol. The second-order valence-corrected chi connectivity index (χ2v) is 10.2. The minimum Gasteiger partial charge on any atom is -0.301 e. The molecular formula is C21H42O6. The van der Waals surface area contributed by atoms with E-state index in [1.807, 2.05) is 41.5 Å². The van der Waals surface area contributed by atoms with Gasteiger partial charge >= 0.3 is 11.9 Å². The molecule has 1 unspecified atom stereocenters. The van der Waals surface area contributed by atoms with Crippen molar-refractivity contribution < 1.29 is 29.5 Å². The van der Waals surface area contributed by atoms with Crippen molar-refractivity contribution >= 4 is 11.9 Å². The molecule has 0 heterocycles. The molecule has 0 radical (unpaired) electrons. The first-order valence-electron chi connectivity index (χ1n) is 9.77. The van der Waals surface area contributed by atoms with E-state index in [4.69, 9.17) is 10.1 Å². The van der Waals surface area contributed by atoms with Crippen LogP contribution in [0.5, 0.6) is 0 Å². The van der Waals surface area contributed by atoms with Crippen LogP contribution >= 0.6 is 0 Å². The van der Waals surface area contributed by atoms with Gasteiger partial charge < -0.3 is 4.89 Å². The van der Waals surface area contributed by atoms with Crippen LogP contribution in [-0.2, 0) is 24.3 Å². The number of hydrogen-bond acceptors (Lipinski definition) is 6. The lowest BCUT2D eigenvalue weighted by Gasteiger charge is -2.27. The van der Waals surface area contributed by atoms with E-state index >= 15 is 0 Å². The summed E-state index contributed by atoms with van der Waals surface area (Å²) in [5.74, 6) is -1.02. The molecule has 1 N–H and O–H groups in total. The van der Waals surface area contributed by atoms with Gasteiger partial charge in [-0.05, 0) is 44.4 Å². The molecule has 0 aromatic rings. The van der Waals surface area contributed by atoms with Gasteiger partial charge in [-0.15, -0.1) is 0 Å². The average Bonchev–Trinajstić information content (AvgIpc) is 2.49. The summed E-state index contributed by atoms with van der Waals surface area (Å²) in [5, 5.41) is 8.32. The van der Waals surface area contributed by atoms with E-state index in [1.54, 1.807) is 0 Å². The van der Waals surface area contributed by atoms with Crippen LogP contribution in [-0.4, -0.2) is 22.8 Å². The highest BCUT2D eigenvalue weighted by Crippen LogP contribution is 2.31. The summed E-state index contributed by atoms with van der Waals surface area (Å²) in [7, 11) is 0. The van der Waals surface area contributed by atoms with E-state index in [0.717, 1.165) is 25.7 Å². The summed E-state index contributed by atoms with van der Waals surface area (Å²) in [4.78, 5) is 35.7. The molecule has 0 aliphatic heterocycles. The number of carbonyl (C=O) groups is 2. The third kappa shape index (κ3) is 18.0. The quantitative estimate of drug-likeness (QED) is 0.428. The maximum atomic E-state index is 11.2. The molecule has 0 spiro atoms. The number of rotatable bonds is 7. The summed E-state index contributed by atoms with van der Waals surface area (Å²) in [5.41, 5.74) is -0.423. The first kappa shape index (κ1) is 28.1. The molecule has 6 heteroatoms. The van der Waals surface area contributed by atoms with Crippen LogP contribution in [0.3, 0.4) is 0 Å². The fraction of sp³-hybridized carbons (Fsp3) is 0.905. The van der Waals surface area contributed by atoms with Crippen molar-refractivity contribution in [1.82, 2.24) is 0 Å². The summed E-state index contributed by atoms with van der Waals surface area (Å²) in [6, 6.07) is 0. The summed E-state index contributed by atoms with van der Waals surface area (Å²) in [6.45, 7) is 19.8. The van der Waals surface area contributed by atoms with E-state index in [9.17, 15) is 9.59 Å². The Morgan fingerprint density at radius 3 is 1.81 bits per heavy atom. The Kier molecular flexibility index (Phi) is 12.8. The fourth-order valence-electron chi connectivity index (χ4n) is 2.07. The number of carbonyl (C=O) groups excluding carboxylic acids is 2. The van der Waals surface area contributed by atoms with E-state index in [1.165, 1.54) is 0 Å². The van der Waals surface area contributed by atoms with Crippen LogP contribution in [0.1, 0.15) is 101 Å². The first-order chi connectivity index (χ1) is 12.0. The Balaban J connectivity index is 0. The van der Waals surface area contributed by atoms with Crippen LogP contribution in [0, 0.1) is 16.7 Å². The van der Waals surface area contributed by atoms with Gasteiger partial charge in [-0.3, -0.25) is 4.89 Å². The molecule has 0 bridgehead atoms. The molecular weight excluding hydrogens is 348 g/mol. The molecule has 0 fully saturated rings. The van der Waals surface area contributed by atoms with Crippen LogP contribution in [0.4, 0.5) is 0 Å². The highest BCUT2D eigenvalue weighted by Gasteiger charge is 2.32. The average molecular weight is 391 g/mol. The molecule has 0 saturated carbocycles. The van der Waals surface area contributed by atoms with E-state index in [2.05, 4.69) is 37.5 Å². The first-order valence-corrected chi connectivity index (χ1v) is 9.77. The predicted octanol–water partition coefficient (Wildman–Crippen LogP) is 5.94. The molecule has 0 aliphatic rings. The van der Waals surface area contributed by atoms with Gasteiger partial charge in [0.05, 0.1) is 5.92 Å². The van der Waals surface area contributed by atoms with Gasteiger partial charge in [-0.2, -0.15) is 10.1 Å². The van der Waals surface area contributed by atoms with Crippen molar-refractivity contribution in [1.29, 1.82) is 0 Å². The van der Waals surface area contributed by atoms with Crippen molar-refractivity contribution in [3.63, 3.8) is 0 Å². The lowest BCUT2D eigenvalue weighted by atomic mass is 9.78. The molecule has 0 saturated heterocycles. The molecule has 1 atom stereocenters. The maximum absolute atomic E-state index is 11.2. The molecule has 27 heavy (non-hydrogen) atoms.